The fraction of sp³-hybridized carbons (Fsp3) is 0.278. The van der Waals surface area contributed by atoms with Crippen molar-refractivity contribution in [1.82, 2.24) is 19.7 Å². The highest BCUT2D eigenvalue weighted by Crippen LogP contribution is 2.28. The van der Waals surface area contributed by atoms with Crippen molar-refractivity contribution in [2.45, 2.75) is 31.3 Å². The highest BCUT2D eigenvalue weighted by atomic mass is 35.5. The van der Waals surface area contributed by atoms with Gasteiger partial charge in [0.25, 0.3) is 0 Å². The number of halogens is 2. The van der Waals surface area contributed by atoms with Crippen LogP contribution in [0.2, 0.25) is 5.15 Å². The first-order chi connectivity index (χ1) is 12.0. The van der Waals surface area contributed by atoms with Gasteiger partial charge in [0.05, 0.1) is 5.56 Å². The standard InChI is InChI=1S/C18H18ClFN4S/c1-12(2)10-24-17(14-5-3-4-6-15(14)20)22-23-18(24)25-11-13-7-8-16(19)21-9-13/h3-9,12H,10-11H2,1-2H3. The maximum atomic E-state index is 14.2. The van der Waals surface area contributed by atoms with Gasteiger partial charge >= 0.3 is 0 Å². The third-order valence-electron chi connectivity index (χ3n) is 3.54. The second kappa shape index (κ2) is 7.97. The molecular formula is C18H18ClFN4S. The number of nitrogens with zero attached hydrogens (tertiary/aromatic N) is 4. The molecule has 2 heterocycles. The summed E-state index contributed by atoms with van der Waals surface area (Å²) in [5.74, 6) is 1.34. The molecule has 0 spiro atoms. The molecule has 0 aliphatic carbocycles. The molecular weight excluding hydrogens is 359 g/mol. The van der Waals surface area contributed by atoms with E-state index in [1.54, 1.807) is 42.2 Å². The van der Waals surface area contributed by atoms with Crippen LogP contribution in [0.3, 0.4) is 0 Å². The Kier molecular flexibility index (Phi) is 5.71. The van der Waals surface area contributed by atoms with Gasteiger partial charge in [-0.1, -0.05) is 55.4 Å². The predicted octanol–water partition coefficient (Wildman–Crippen LogP) is 5.08. The predicted molar refractivity (Wildman–Crippen MR) is 99.1 cm³/mol. The fourth-order valence-electron chi connectivity index (χ4n) is 2.41. The van der Waals surface area contributed by atoms with Crippen LogP contribution in [0, 0.1) is 11.7 Å². The van der Waals surface area contributed by atoms with E-state index in [0.29, 0.717) is 28.2 Å². The molecule has 3 rings (SSSR count). The molecule has 0 radical (unpaired) electrons. The summed E-state index contributed by atoms with van der Waals surface area (Å²) in [6.07, 6.45) is 1.75. The van der Waals surface area contributed by atoms with Crippen LogP contribution in [0.1, 0.15) is 19.4 Å². The van der Waals surface area contributed by atoms with Crippen molar-refractivity contribution in [3.63, 3.8) is 0 Å². The molecule has 0 saturated carbocycles. The number of rotatable bonds is 6. The zero-order chi connectivity index (χ0) is 17.8. The third kappa shape index (κ3) is 4.38. The normalized spacial score (nSPS) is 11.2. The number of thioether (sulfide) groups is 1. The summed E-state index contributed by atoms with van der Waals surface area (Å²) in [5, 5.41) is 9.76. The van der Waals surface area contributed by atoms with Crippen LogP contribution in [-0.4, -0.2) is 19.7 Å². The molecule has 130 valence electrons. The molecule has 0 fully saturated rings. The van der Waals surface area contributed by atoms with Crippen LogP contribution >= 0.6 is 23.4 Å². The van der Waals surface area contributed by atoms with E-state index >= 15 is 0 Å². The SMILES string of the molecule is CC(C)Cn1c(SCc2ccc(Cl)nc2)nnc1-c1ccccc1F. The van der Waals surface area contributed by atoms with Crippen molar-refractivity contribution in [3.8, 4) is 11.4 Å². The largest absolute Gasteiger partial charge is 0.302 e. The van der Waals surface area contributed by atoms with Gasteiger partial charge in [0.1, 0.15) is 11.0 Å². The monoisotopic (exact) mass is 376 g/mol. The van der Waals surface area contributed by atoms with Crippen molar-refractivity contribution >= 4 is 23.4 Å². The van der Waals surface area contributed by atoms with Crippen LogP contribution in [0.15, 0.2) is 47.8 Å². The molecule has 3 aromatic rings. The van der Waals surface area contributed by atoms with Gasteiger partial charge in [0.15, 0.2) is 11.0 Å². The Bertz CT molecular complexity index is 849. The van der Waals surface area contributed by atoms with E-state index in [0.717, 1.165) is 17.3 Å². The van der Waals surface area contributed by atoms with Crippen LogP contribution in [0.5, 0.6) is 0 Å². The second-order valence-electron chi connectivity index (χ2n) is 6.07. The highest BCUT2D eigenvalue weighted by molar-refractivity contribution is 7.98. The van der Waals surface area contributed by atoms with Crippen molar-refractivity contribution in [3.05, 3.63) is 59.1 Å². The van der Waals surface area contributed by atoms with Crippen molar-refractivity contribution in [1.29, 1.82) is 0 Å². The summed E-state index contributed by atoms with van der Waals surface area (Å²) in [6, 6.07) is 10.3. The van der Waals surface area contributed by atoms with Crippen LogP contribution in [-0.2, 0) is 12.3 Å². The smallest absolute Gasteiger partial charge is 0.191 e. The van der Waals surface area contributed by atoms with E-state index in [2.05, 4.69) is 29.0 Å². The van der Waals surface area contributed by atoms with Gasteiger partial charge in [-0.15, -0.1) is 10.2 Å². The van der Waals surface area contributed by atoms with Gasteiger partial charge in [-0.25, -0.2) is 9.37 Å². The Balaban J connectivity index is 1.88. The molecule has 0 atom stereocenters. The quantitative estimate of drug-likeness (QED) is 0.444. The van der Waals surface area contributed by atoms with Gasteiger partial charge in [-0.3, -0.25) is 0 Å². The number of aromatic nitrogens is 4. The molecule has 25 heavy (non-hydrogen) atoms. The van der Waals surface area contributed by atoms with Gasteiger partial charge in [0.2, 0.25) is 0 Å². The molecule has 4 nitrogen and oxygen atoms in total. The third-order valence-corrected chi connectivity index (χ3v) is 4.80. The maximum absolute atomic E-state index is 14.2. The first kappa shape index (κ1) is 17.9. The van der Waals surface area contributed by atoms with E-state index < -0.39 is 0 Å². The zero-order valence-electron chi connectivity index (χ0n) is 14.0. The number of hydrogen-bond acceptors (Lipinski definition) is 4. The second-order valence-corrected chi connectivity index (χ2v) is 7.40. The van der Waals surface area contributed by atoms with Crippen molar-refractivity contribution < 1.29 is 4.39 Å². The summed E-state index contributed by atoms with van der Waals surface area (Å²) >= 11 is 7.37. The van der Waals surface area contributed by atoms with E-state index in [1.165, 1.54) is 6.07 Å². The Labute approximate surface area is 155 Å². The summed E-state index contributed by atoms with van der Waals surface area (Å²) < 4.78 is 16.2. The molecule has 0 bridgehead atoms. The summed E-state index contributed by atoms with van der Waals surface area (Å²) in [5.41, 5.74) is 1.51. The molecule has 0 N–H and O–H groups in total. The number of benzene rings is 1. The summed E-state index contributed by atoms with van der Waals surface area (Å²) in [6.45, 7) is 4.95. The first-order valence-corrected chi connectivity index (χ1v) is 9.32. The maximum Gasteiger partial charge on any atom is 0.191 e. The molecule has 0 saturated heterocycles. The van der Waals surface area contributed by atoms with Crippen LogP contribution in [0.25, 0.3) is 11.4 Å². The van der Waals surface area contributed by atoms with Crippen molar-refractivity contribution in [2.24, 2.45) is 5.92 Å². The molecule has 0 unspecified atom stereocenters. The Morgan fingerprint density at radius 2 is 1.96 bits per heavy atom. The summed E-state index contributed by atoms with van der Waals surface area (Å²) in [4.78, 5) is 4.09. The Morgan fingerprint density at radius 3 is 2.64 bits per heavy atom. The molecule has 1 aromatic carbocycles. The number of pyridine rings is 1. The molecule has 7 heteroatoms. The van der Waals surface area contributed by atoms with E-state index in [4.69, 9.17) is 11.6 Å². The lowest BCUT2D eigenvalue weighted by Gasteiger charge is -2.13. The van der Waals surface area contributed by atoms with Crippen LogP contribution in [0.4, 0.5) is 4.39 Å². The van der Waals surface area contributed by atoms with Gasteiger partial charge in [0, 0.05) is 18.5 Å². The van der Waals surface area contributed by atoms with Gasteiger partial charge < -0.3 is 4.57 Å². The van der Waals surface area contributed by atoms with E-state index in [1.807, 2.05) is 10.6 Å². The van der Waals surface area contributed by atoms with Crippen molar-refractivity contribution in [2.75, 3.05) is 0 Å². The Hall–Kier alpha value is -1.92. The van der Waals surface area contributed by atoms with Gasteiger partial charge in [-0.05, 0) is 29.7 Å². The average Bonchev–Trinajstić information content (AvgIpc) is 2.97. The molecule has 0 aliphatic heterocycles. The van der Waals surface area contributed by atoms with Crippen LogP contribution < -0.4 is 0 Å². The first-order valence-electron chi connectivity index (χ1n) is 7.96. The fourth-order valence-corrected chi connectivity index (χ4v) is 3.40. The minimum atomic E-state index is -0.293. The lowest BCUT2D eigenvalue weighted by Crippen LogP contribution is -2.08. The lowest BCUT2D eigenvalue weighted by atomic mass is 10.2. The average molecular weight is 377 g/mol. The minimum absolute atomic E-state index is 0.293. The highest BCUT2D eigenvalue weighted by Gasteiger charge is 2.18. The van der Waals surface area contributed by atoms with Gasteiger partial charge in [-0.2, -0.15) is 0 Å². The van der Waals surface area contributed by atoms with E-state index in [9.17, 15) is 4.39 Å². The Morgan fingerprint density at radius 1 is 1.16 bits per heavy atom. The topological polar surface area (TPSA) is 43.6 Å². The zero-order valence-corrected chi connectivity index (χ0v) is 15.6. The number of hydrogen-bond donors (Lipinski definition) is 0. The summed E-state index contributed by atoms with van der Waals surface area (Å²) in [7, 11) is 0. The lowest BCUT2D eigenvalue weighted by molar-refractivity contribution is 0.496. The minimum Gasteiger partial charge on any atom is -0.302 e. The molecule has 0 amide bonds. The van der Waals surface area contributed by atoms with E-state index in [-0.39, 0.29) is 5.82 Å². The molecule has 2 aromatic heterocycles. The molecule has 0 aliphatic rings.